The summed E-state index contributed by atoms with van der Waals surface area (Å²) in [4.78, 5) is 28.4. The smallest absolute Gasteiger partial charge is 0.316 e. The average molecular weight is 473 g/mol. The molecule has 2 amide bonds. The van der Waals surface area contributed by atoms with E-state index in [0.717, 1.165) is 15.6 Å². The Hall–Kier alpha value is -3.20. The van der Waals surface area contributed by atoms with E-state index >= 15 is 0 Å². The molecule has 0 radical (unpaired) electrons. The van der Waals surface area contributed by atoms with Crippen molar-refractivity contribution in [2.45, 2.75) is 20.0 Å². The van der Waals surface area contributed by atoms with Crippen molar-refractivity contribution in [2.24, 2.45) is 0 Å². The maximum Gasteiger partial charge on any atom is 0.316 e. The van der Waals surface area contributed by atoms with Gasteiger partial charge >= 0.3 is 11.8 Å². The van der Waals surface area contributed by atoms with Gasteiger partial charge in [0.05, 0.1) is 0 Å². The molecule has 9 heteroatoms. The number of nitrogens with one attached hydrogen (secondary N) is 2. The molecule has 8 nitrogen and oxygen atoms in total. The van der Waals surface area contributed by atoms with E-state index in [9.17, 15) is 9.59 Å². The molecule has 3 aromatic rings. The lowest BCUT2D eigenvalue weighted by molar-refractivity contribution is -0.127. The molecule has 0 aliphatic heterocycles. The summed E-state index contributed by atoms with van der Waals surface area (Å²) in [5.74, 6) is -0.00597. The van der Waals surface area contributed by atoms with Gasteiger partial charge in [0, 0.05) is 23.1 Å². The minimum absolute atomic E-state index is 0.136. The van der Waals surface area contributed by atoms with E-state index in [1.807, 2.05) is 43.3 Å². The van der Waals surface area contributed by atoms with Crippen LogP contribution < -0.4 is 15.4 Å². The zero-order valence-electron chi connectivity index (χ0n) is 16.5. The number of aromatic nitrogens is 2. The molecule has 0 aliphatic rings. The zero-order valence-corrected chi connectivity index (χ0v) is 18.1. The minimum Gasteiger partial charge on any atom is -0.481 e. The fraction of sp³-hybridized carbons (Fsp3) is 0.238. The van der Waals surface area contributed by atoms with E-state index in [2.05, 4.69) is 36.7 Å². The Labute approximate surface area is 182 Å². The fourth-order valence-corrected chi connectivity index (χ4v) is 2.89. The molecule has 2 N–H and O–H groups in total. The second-order valence-corrected chi connectivity index (χ2v) is 7.47. The second-order valence-electron chi connectivity index (χ2n) is 6.55. The Morgan fingerprint density at radius 3 is 2.60 bits per heavy atom. The molecule has 0 saturated carbocycles. The van der Waals surface area contributed by atoms with E-state index in [-0.39, 0.29) is 24.9 Å². The highest BCUT2D eigenvalue weighted by Gasteiger charge is 2.17. The number of ether oxygens (including phenoxy) is 1. The molecule has 156 valence electrons. The van der Waals surface area contributed by atoms with E-state index in [1.54, 1.807) is 19.1 Å². The lowest BCUT2D eigenvalue weighted by Crippen LogP contribution is -2.40. The molecule has 2 aromatic carbocycles. The number of amides is 2. The van der Waals surface area contributed by atoms with Crippen LogP contribution in [0.1, 0.15) is 23.2 Å². The van der Waals surface area contributed by atoms with Gasteiger partial charge in [-0.2, -0.15) is 4.98 Å². The van der Waals surface area contributed by atoms with Gasteiger partial charge in [0.2, 0.25) is 5.82 Å². The van der Waals surface area contributed by atoms with Gasteiger partial charge in [0.1, 0.15) is 5.75 Å². The number of hydrogen-bond acceptors (Lipinski definition) is 6. The molecule has 1 aromatic heterocycles. The van der Waals surface area contributed by atoms with E-state index < -0.39 is 12.0 Å². The lowest BCUT2D eigenvalue weighted by atomic mass is 10.1. The third-order valence-corrected chi connectivity index (χ3v) is 4.61. The predicted octanol–water partition coefficient (Wildman–Crippen LogP) is 3.12. The number of halogens is 1. The Balaban J connectivity index is 1.42. The molecule has 0 bridgehead atoms. The molecular formula is C21H21BrN4O4. The molecule has 0 saturated heterocycles. The Morgan fingerprint density at radius 1 is 1.13 bits per heavy atom. The first kappa shape index (κ1) is 21.5. The van der Waals surface area contributed by atoms with Crippen LogP contribution >= 0.6 is 15.9 Å². The minimum atomic E-state index is -0.678. The van der Waals surface area contributed by atoms with Gasteiger partial charge in [-0.3, -0.25) is 9.59 Å². The zero-order chi connectivity index (χ0) is 21.5. The number of rotatable bonds is 8. The van der Waals surface area contributed by atoms with Crippen LogP contribution in [0.25, 0.3) is 11.4 Å². The first-order chi connectivity index (χ1) is 14.4. The van der Waals surface area contributed by atoms with Crippen LogP contribution in [0.5, 0.6) is 5.75 Å². The number of carbonyl (C=O) groups is 2. The summed E-state index contributed by atoms with van der Waals surface area (Å²) < 4.78 is 11.5. The molecular weight excluding hydrogens is 452 g/mol. The van der Waals surface area contributed by atoms with Crippen molar-refractivity contribution in [1.29, 1.82) is 0 Å². The van der Waals surface area contributed by atoms with Gasteiger partial charge in [-0.1, -0.05) is 57.0 Å². The highest BCUT2D eigenvalue weighted by Crippen LogP contribution is 2.19. The maximum atomic E-state index is 12.1. The standard InChI is InChI=1S/C21H21BrN4O4/c1-13-6-8-15(9-7-13)18-25-21(30-26-18)20(28)24-11-10-23-19(27)14(2)29-17-5-3-4-16(22)12-17/h3-9,12,14H,10-11H2,1-2H3,(H,23,27)(H,24,28). The Kier molecular flexibility index (Phi) is 7.18. The molecule has 3 rings (SSSR count). The highest BCUT2D eigenvalue weighted by atomic mass is 79.9. The molecule has 0 fully saturated rings. The number of aryl methyl sites for hydroxylation is 1. The summed E-state index contributed by atoms with van der Waals surface area (Å²) in [6, 6.07) is 14.8. The summed E-state index contributed by atoms with van der Waals surface area (Å²) in [6.45, 7) is 4.07. The predicted molar refractivity (Wildman–Crippen MR) is 114 cm³/mol. The van der Waals surface area contributed by atoms with Crippen molar-refractivity contribution in [2.75, 3.05) is 13.1 Å². The summed E-state index contributed by atoms with van der Waals surface area (Å²) in [7, 11) is 0. The molecule has 1 heterocycles. The van der Waals surface area contributed by atoms with Gasteiger partial charge in [-0.05, 0) is 32.0 Å². The van der Waals surface area contributed by atoms with Gasteiger partial charge in [0.15, 0.2) is 6.10 Å². The maximum absolute atomic E-state index is 12.1. The number of hydrogen-bond donors (Lipinski definition) is 2. The third kappa shape index (κ3) is 5.90. The number of benzene rings is 2. The molecule has 1 unspecified atom stereocenters. The number of nitrogens with zero attached hydrogens (tertiary/aromatic N) is 2. The lowest BCUT2D eigenvalue weighted by Gasteiger charge is -2.15. The van der Waals surface area contributed by atoms with Crippen LogP contribution in [-0.2, 0) is 4.79 Å². The first-order valence-corrected chi connectivity index (χ1v) is 10.1. The van der Waals surface area contributed by atoms with Crippen LogP contribution in [0, 0.1) is 6.92 Å². The fourth-order valence-electron chi connectivity index (χ4n) is 2.51. The van der Waals surface area contributed by atoms with Crippen LogP contribution in [0.2, 0.25) is 0 Å². The molecule has 0 spiro atoms. The largest absolute Gasteiger partial charge is 0.481 e. The SMILES string of the molecule is Cc1ccc(-c2noc(C(=O)NCCNC(=O)C(C)Oc3cccc(Br)c3)n2)cc1. The number of carbonyl (C=O) groups excluding carboxylic acids is 2. The van der Waals surface area contributed by atoms with Crippen molar-refractivity contribution < 1.29 is 18.8 Å². The second kappa shape index (κ2) is 10.0. The van der Waals surface area contributed by atoms with Gasteiger partial charge < -0.3 is 19.9 Å². The summed E-state index contributed by atoms with van der Waals surface area (Å²) in [5, 5.41) is 9.16. The topological polar surface area (TPSA) is 106 Å². The van der Waals surface area contributed by atoms with Crippen molar-refractivity contribution in [1.82, 2.24) is 20.8 Å². The molecule has 0 aliphatic carbocycles. The van der Waals surface area contributed by atoms with E-state index in [4.69, 9.17) is 9.26 Å². The third-order valence-electron chi connectivity index (χ3n) is 4.12. The summed E-state index contributed by atoms with van der Waals surface area (Å²) in [6.07, 6.45) is -0.678. The van der Waals surface area contributed by atoms with Crippen molar-refractivity contribution in [3.05, 3.63) is 64.5 Å². The van der Waals surface area contributed by atoms with Crippen molar-refractivity contribution in [3.63, 3.8) is 0 Å². The average Bonchev–Trinajstić information content (AvgIpc) is 3.22. The van der Waals surface area contributed by atoms with Crippen molar-refractivity contribution >= 4 is 27.7 Å². The Morgan fingerprint density at radius 2 is 1.87 bits per heavy atom. The summed E-state index contributed by atoms with van der Waals surface area (Å²) in [5.41, 5.74) is 1.87. The molecule has 1 atom stereocenters. The van der Waals surface area contributed by atoms with Crippen LogP contribution in [0.15, 0.2) is 57.5 Å². The van der Waals surface area contributed by atoms with E-state index in [1.165, 1.54) is 0 Å². The quantitative estimate of drug-likeness (QED) is 0.487. The summed E-state index contributed by atoms with van der Waals surface area (Å²) >= 11 is 3.35. The van der Waals surface area contributed by atoms with Gasteiger partial charge in [0.25, 0.3) is 5.91 Å². The van der Waals surface area contributed by atoms with Gasteiger partial charge in [-0.25, -0.2) is 0 Å². The van der Waals surface area contributed by atoms with Crippen LogP contribution in [0.3, 0.4) is 0 Å². The van der Waals surface area contributed by atoms with Gasteiger partial charge in [-0.15, -0.1) is 0 Å². The van der Waals surface area contributed by atoms with Crippen molar-refractivity contribution in [3.8, 4) is 17.1 Å². The van der Waals surface area contributed by atoms with Crippen LogP contribution in [-0.4, -0.2) is 41.1 Å². The van der Waals surface area contributed by atoms with E-state index in [0.29, 0.717) is 11.6 Å². The molecule has 30 heavy (non-hydrogen) atoms. The van der Waals surface area contributed by atoms with Crippen LogP contribution in [0.4, 0.5) is 0 Å². The normalized spacial score (nSPS) is 11.6. The first-order valence-electron chi connectivity index (χ1n) is 9.31. The highest BCUT2D eigenvalue weighted by molar-refractivity contribution is 9.10. The monoisotopic (exact) mass is 472 g/mol. The Bertz CT molecular complexity index is 1020.